The van der Waals surface area contributed by atoms with E-state index >= 15 is 0 Å². The second kappa shape index (κ2) is 6.69. The van der Waals surface area contributed by atoms with Crippen LogP contribution in [0.4, 0.5) is 4.79 Å². The van der Waals surface area contributed by atoms with Gasteiger partial charge in [-0.3, -0.25) is 4.79 Å². The van der Waals surface area contributed by atoms with Gasteiger partial charge >= 0.3 is 12.0 Å². The molecule has 3 N–H and O–H groups in total. The Balaban J connectivity index is 2.50. The van der Waals surface area contributed by atoms with E-state index in [4.69, 9.17) is 5.11 Å². The molecule has 0 bridgehead atoms. The van der Waals surface area contributed by atoms with E-state index in [1.165, 1.54) is 11.3 Å². The summed E-state index contributed by atoms with van der Waals surface area (Å²) in [5.41, 5.74) is -0.946. The highest BCUT2D eigenvalue weighted by atomic mass is 32.1. The fourth-order valence-corrected chi connectivity index (χ4v) is 2.29. The molecule has 0 aliphatic carbocycles. The van der Waals surface area contributed by atoms with Crippen LogP contribution in [0.1, 0.15) is 43.1 Å². The third kappa shape index (κ3) is 4.19. The second-order valence-corrected chi connectivity index (χ2v) is 6.34. The van der Waals surface area contributed by atoms with Crippen LogP contribution in [0.5, 0.6) is 0 Å². The minimum absolute atomic E-state index is 0.0916. The van der Waals surface area contributed by atoms with Gasteiger partial charge in [-0.05, 0) is 27.2 Å². The molecule has 6 nitrogen and oxygen atoms in total. The lowest BCUT2D eigenvalue weighted by molar-refractivity contribution is -0.147. The number of carboxylic acids is 1. The summed E-state index contributed by atoms with van der Waals surface area (Å²) < 4.78 is 0. The predicted molar refractivity (Wildman–Crippen MR) is 77.8 cm³/mol. The lowest BCUT2D eigenvalue weighted by Gasteiger charge is -2.23. The van der Waals surface area contributed by atoms with Gasteiger partial charge in [0.25, 0.3) is 0 Å². The number of carbonyl (C=O) groups excluding carboxylic acids is 1. The van der Waals surface area contributed by atoms with Crippen LogP contribution in [0.2, 0.25) is 0 Å². The first-order valence-electron chi connectivity index (χ1n) is 6.48. The van der Waals surface area contributed by atoms with Gasteiger partial charge in [-0.25, -0.2) is 9.78 Å². The van der Waals surface area contributed by atoms with Crippen molar-refractivity contribution < 1.29 is 14.7 Å². The van der Waals surface area contributed by atoms with Crippen molar-refractivity contribution in [3.05, 3.63) is 16.1 Å². The summed E-state index contributed by atoms with van der Waals surface area (Å²) in [6.45, 7) is 7.29. The van der Waals surface area contributed by atoms with E-state index in [1.54, 1.807) is 20.0 Å². The number of nitrogens with zero attached hydrogens (tertiary/aromatic N) is 1. The maximum absolute atomic E-state index is 11.8. The third-order valence-electron chi connectivity index (χ3n) is 3.29. The number of aromatic nitrogens is 1. The van der Waals surface area contributed by atoms with Crippen molar-refractivity contribution in [2.75, 3.05) is 6.54 Å². The predicted octanol–water partition coefficient (Wildman–Crippen LogP) is 2.31. The molecule has 0 fully saturated rings. The Bertz CT molecular complexity index is 489. The molecule has 2 atom stereocenters. The monoisotopic (exact) mass is 299 g/mol. The Hall–Kier alpha value is -1.63. The number of hydrogen-bond donors (Lipinski definition) is 3. The molecular weight excluding hydrogens is 278 g/mol. The SMILES string of the molecule is CCC(C)(CNC(=O)NC(C)c1ncc(C)s1)C(=O)O. The van der Waals surface area contributed by atoms with E-state index in [1.807, 2.05) is 13.8 Å². The number of amides is 2. The standard InChI is InChI=1S/C13H21N3O3S/c1-5-13(4,11(17)18)7-15-12(19)16-9(3)10-14-6-8(2)20-10/h6,9H,5,7H2,1-4H3,(H,17,18)(H2,15,16,19). The summed E-state index contributed by atoms with van der Waals surface area (Å²) >= 11 is 1.52. The zero-order valence-corrected chi connectivity index (χ0v) is 13.0. The van der Waals surface area contributed by atoms with Gasteiger partial charge in [0.05, 0.1) is 11.5 Å². The van der Waals surface area contributed by atoms with Crippen molar-refractivity contribution in [2.24, 2.45) is 5.41 Å². The number of rotatable bonds is 6. The van der Waals surface area contributed by atoms with Crippen molar-refractivity contribution in [1.29, 1.82) is 0 Å². The van der Waals surface area contributed by atoms with Crippen molar-refractivity contribution in [3.63, 3.8) is 0 Å². The van der Waals surface area contributed by atoms with Crippen LogP contribution in [0.15, 0.2) is 6.20 Å². The molecule has 0 spiro atoms. The number of carboxylic acid groups (broad SMARTS) is 1. The quantitative estimate of drug-likeness (QED) is 0.751. The van der Waals surface area contributed by atoms with E-state index < -0.39 is 11.4 Å². The van der Waals surface area contributed by atoms with Crippen molar-refractivity contribution >= 4 is 23.3 Å². The Morgan fingerprint density at radius 1 is 1.55 bits per heavy atom. The molecule has 0 saturated heterocycles. The molecule has 0 aliphatic rings. The minimum Gasteiger partial charge on any atom is -0.481 e. The molecule has 0 aliphatic heterocycles. The maximum atomic E-state index is 11.8. The van der Waals surface area contributed by atoms with E-state index in [9.17, 15) is 9.59 Å². The summed E-state index contributed by atoms with van der Waals surface area (Å²) in [6, 6.07) is -0.585. The molecule has 7 heteroatoms. The Kier molecular flexibility index (Phi) is 5.50. The van der Waals surface area contributed by atoms with Gasteiger partial charge in [0.2, 0.25) is 0 Å². The molecule has 1 aromatic rings. The summed E-state index contributed by atoms with van der Waals surface area (Å²) in [6.07, 6.45) is 2.21. The van der Waals surface area contributed by atoms with Crippen LogP contribution in [-0.2, 0) is 4.79 Å². The van der Waals surface area contributed by atoms with E-state index in [-0.39, 0.29) is 18.6 Å². The van der Waals surface area contributed by atoms with Crippen LogP contribution in [0.3, 0.4) is 0 Å². The lowest BCUT2D eigenvalue weighted by Crippen LogP contribution is -2.45. The Morgan fingerprint density at radius 3 is 2.65 bits per heavy atom. The summed E-state index contributed by atoms with van der Waals surface area (Å²) in [4.78, 5) is 28.2. The van der Waals surface area contributed by atoms with Gasteiger partial charge in [0.15, 0.2) is 0 Å². The first-order chi connectivity index (χ1) is 9.28. The zero-order valence-electron chi connectivity index (χ0n) is 12.2. The topological polar surface area (TPSA) is 91.3 Å². The molecule has 0 aromatic carbocycles. The van der Waals surface area contributed by atoms with Gasteiger partial charge in [0, 0.05) is 17.6 Å². The maximum Gasteiger partial charge on any atom is 0.315 e. The average molecular weight is 299 g/mol. The van der Waals surface area contributed by atoms with Gasteiger partial charge in [-0.15, -0.1) is 11.3 Å². The second-order valence-electron chi connectivity index (χ2n) is 5.08. The summed E-state index contributed by atoms with van der Waals surface area (Å²) in [5.74, 6) is -0.913. The molecule has 0 radical (unpaired) electrons. The van der Waals surface area contributed by atoms with Crippen molar-refractivity contribution in [2.45, 2.75) is 40.2 Å². The Labute approximate surface area is 122 Å². The molecule has 1 rings (SSSR count). The largest absolute Gasteiger partial charge is 0.481 e. The number of aryl methyl sites for hydroxylation is 1. The zero-order chi connectivity index (χ0) is 15.3. The molecular formula is C13H21N3O3S. The fraction of sp³-hybridized carbons (Fsp3) is 0.615. The summed E-state index contributed by atoms with van der Waals surface area (Å²) in [7, 11) is 0. The van der Waals surface area contributed by atoms with Crippen LogP contribution < -0.4 is 10.6 Å². The Morgan fingerprint density at radius 2 is 2.20 bits per heavy atom. The fourth-order valence-electron chi connectivity index (χ4n) is 1.51. The molecule has 20 heavy (non-hydrogen) atoms. The van der Waals surface area contributed by atoms with E-state index in [0.29, 0.717) is 6.42 Å². The lowest BCUT2D eigenvalue weighted by atomic mass is 9.88. The molecule has 112 valence electrons. The van der Waals surface area contributed by atoms with Crippen LogP contribution in [-0.4, -0.2) is 28.6 Å². The highest BCUT2D eigenvalue weighted by molar-refractivity contribution is 7.11. The smallest absolute Gasteiger partial charge is 0.315 e. The number of hydrogen-bond acceptors (Lipinski definition) is 4. The normalized spacial score (nSPS) is 15.2. The van der Waals surface area contributed by atoms with Crippen LogP contribution in [0.25, 0.3) is 0 Å². The first kappa shape index (κ1) is 16.4. The highest BCUT2D eigenvalue weighted by Crippen LogP contribution is 2.20. The number of aliphatic carboxylic acids is 1. The first-order valence-corrected chi connectivity index (χ1v) is 7.30. The van der Waals surface area contributed by atoms with Crippen LogP contribution >= 0.6 is 11.3 Å². The molecule has 2 amide bonds. The third-order valence-corrected chi connectivity index (χ3v) is 4.39. The van der Waals surface area contributed by atoms with Gasteiger partial charge in [-0.2, -0.15) is 0 Å². The van der Waals surface area contributed by atoms with Crippen LogP contribution in [0, 0.1) is 12.3 Å². The number of urea groups is 1. The average Bonchev–Trinajstić information content (AvgIpc) is 2.82. The number of carbonyl (C=O) groups is 2. The van der Waals surface area contributed by atoms with Gasteiger partial charge < -0.3 is 15.7 Å². The minimum atomic E-state index is -0.946. The number of nitrogens with one attached hydrogen (secondary N) is 2. The molecule has 0 saturated carbocycles. The highest BCUT2D eigenvalue weighted by Gasteiger charge is 2.31. The number of thiazole rings is 1. The van der Waals surface area contributed by atoms with E-state index in [0.717, 1.165) is 9.88 Å². The van der Waals surface area contributed by atoms with Crippen molar-refractivity contribution in [3.8, 4) is 0 Å². The molecule has 1 aromatic heterocycles. The molecule has 2 unspecified atom stereocenters. The van der Waals surface area contributed by atoms with Gasteiger partial charge in [0.1, 0.15) is 5.01 Å². The van der Waals surface area contributed by atoms with Crippen molar-refractivity contribution in [1.82, 2.24) is 15.6 Å². The summed E-state index contributed by atoms with van der Waals surface area (Å²) in [5, 5.41) is 15.3. The van der Waals surface area contributed by atoms with Gasteiger partial charge in [-0.1, -0.05) is 6.92 Å². The van der Waals surface area contributed by atoms with E-state index in [2.05, 4.69) is 15.6 Å². The molecule has 1 heterocycles.